The van der Waals surface area contributed by atoms with Crippen LogP contribution in [0.25, 0.3) is 21.6 Å². The number of aromatic nitrogens is 2. The molecule has 0 saturated heterocycles. The second-order valence-corrected chi connectivity index (χ2v) is 8.78. The molecule has 0 aliphatic heterocycles. The lowest BCUT2D eigenvalue weighted by Crippen LogP contribution is -2.11. The predicted molar refractivity (Wildman–Crippen MR) is 112 cm³/mol. The van der Waals surface area contributed by atoms with Gasteiger partial charge in [0.2, 0.25) is 0 Å². The van der Waals surface area contributed by atoms with Gasteiger partial charge < -0.3 is 14.8 Å². The smallest absolute Gasteiger partial charge is 0.341 e. The molecule has 1 aliphatic rings. The molecule has 0 bridgehead atoms. The van der Waals surface area contributed by atoms with E-state index in [0.717, 1.165) is 41.5 Å². The maximum Gasteiger partial charge on any atom is 0.341 e. The van der Waals surface area contributed by atoms with Gasteiger partial charge in [-0.2, -0.15) is 0 Å². The molecule has 6 nitrogen and oxygen atoms in total. The number of carboxylic acid groups (broad SMARTS) is 1. The molecule has 2 N–H and O–H groups in total. The minimum Gasteiger partial charge on any atom is -0.481 e. The van der Waals surface area contributed by atoms with Gasteiger partial charge in [0.05, 0.1) is 9.86 Å². The van der Waals surface area contributed by atoms with Crippen LogP contribution in [0.1, 0.15) is 36.1 Å². The van der Waals surface area contributed by atoms with Crippen LogP contribution in [0.2, 0.25) is 0 Å². The highest BCUT2D eigenvalue weighted by Crippen LogP contribution is 2.34. The number of ether oxygens (including phenoxy) is 1. The number of rotatable bonds is 4. The summed E-state index contributed by atoms with van der Waals surface area (Å²) in [6, 6.07) is 5.20. The molecule has 1 aromatic carbocycles. The maximum absolute atomic E-state index is 12.8. The lowest BCUT2D eigenvalue weighted by atomic mass is 9.98. The summed E-state index contributed by atoms with van der Waals surface area (Å²) in [7, 11) is 0. The number of halogens is 1. The van der Waals surface area contributed by atoms with E-state index in [4.69, 9.17) is 14.8 Å². The van der Waals surface area contributed by atoms with Crippen molar-refractivity contribution in [1.29, 1.82) is 0 Å². The Kier molecular flexibility index (Phi) is 5.50. The van der Waals surface area contributed by atoms with E-state index < -0.39 is 12.6 Å². The Morgan fingerprint density at radius 1 is 1.25 bits per heavy atom. The third-order valence-corrected chi connectivity index (χ3v) is 6.69. The fourth-order valence-electron chi connectivity index (χ4n) is 3.56. The molecule has 0 radical (unpaired) electrons. The first-order valence-corrected chi connectivity index (χ1v) is 10.8. The molecule has 2 aromatic heterocycles. The molecule has 0 fully saturated rings. The molecule has 0 saturated carbocycles. The number of H-pyrrole nitrogens is 1. The zero-order valence-corrected chi connectivity index (χ0v) is 17.5. The summed E-state index contributed by atoms with van der Waals surface area (Å²) in [6.07, 6.45) is 6.70. The molecule has 2 heterocycles. The van der Waals surface area contributed by atoms with Gasteiger partial charge in [-0.15, -0.1) is 11.3 Å². The van der Waals surface area contributed by atoms with E-state index in [1.165, 1.54) is 23.3 Å². The largest absolute Gasteiger partial charge is 0.481 e. The lowest BCUT2D eigenvalue weighted by molar-refractivity contribution is -0.139. The summed E-state index contributed by atoms with van der Waals surface area (Å²) in [5, 5.41) is 9.49. The van der Waals surface area contributed by atoms with Crippen LogP contribution in [0.5, 0.6) is 5.75 Å². The monoisotopic (exact) mass is 462 g/mol. The number of carbonyl (C=O) groups is 1. The quantitative estimate of drug-likeness (QED) is 0.593. The van der Waals surface area contributed by atoms with Crippen molar-refractivity contribution in [2.45, 2.75) is 38.5 Å². The van der Waals surface area contributed by atoms with E-state index in [9.17, 15) is 9.59 Å². The highest BCUT2D eigenvalue weighted by atomic mass is 79.9. The summed E-state index contributed by atoms with van der Waals surface area (Å²) in [6.45, 7) is -0.417. The number of aromatic amines is 1. The number of aliphatic carboxylic acids is 1. The average Bonchev–Trinajstić information content (AvgIpc) is 2.97. The Morgan fingerprint density at radius 3 is 2.79 bits per heavy atom. The van der Waals surface area contributed by atoms with Gasteiger partial charge in [-0.3, -0.25) is 4.79 Å². The molecular weight excluding hydrogens is 444 g/mol. The first kappa shape index (κ1) is 19.1. The number of hydrogen-bond acceptors (Lipinski definition) is 5. The fraction of sp³-hybridized carbons (Fsp3) is 0.350. The van der Waals surface area contributed by atoms with Crippen LogP contribution in [0.4, 0.5) is 0 Å². The Morgan fingerprint density at radius 2 is 2.04 bits per heavy atom. The maximum atomic E-state index is 12.8. The Hall–Kier alpha value is -2.19. The number of carboxylic acids is 1. The normalized spacial score (nSPS) is 14.3. The van der Waals surface area contributed by atoms with E-state index in [1.807, 2.05) is 0 Å². The van der Waals surface area contributed by atoms with Gasteiger partial charge in [-0.1, -0.05) is 12.8 Å². The fourth-order valence-corrected chi connectivity index (χ4v) is 5.31. The number of aryl methyl sites for hydroxylation is 2. The summed E-state index contributed by atoms with van der Waals surface area (Å²) < 4.78 is 5.83. The van der Waals surface area contributed by atoms with E-state index in [0.29, 0.717) is 16.0 Å². The molecule has 0 unspecified atom stereocenters. The van der Waals surface area contributed by atoms with E-state index >= 15 is 0 Å². The summed E-state index contributed by atoms with van der Waals surface area (Å²) in [4.78, 5) is 33.2. The molecule has 8 heteroatoms. The zero-order chi connectivity index (χ0) is 19.7. The predicted octanol–water partition coefficient (Wildman–Crippen LogP) is 4.54. The van der Waals surface area contributed by atoms with Crippen molar-refractivity contribution in [2.24, 2.45) is 0 Å². The Bertz CT molecular complexity index is 1110. The molecule has 0 amide bonds. The van der Waals surface area contributed by atoms with Crippen LogP contribution in [0.3, 0.4) is 0 Å². The van der Waals surface area contributed by atoms with Crippen molar-refractivity contribution >= 4 is 43.5 Å². The number of hydrogen-bond donors (Lipinski definition) is 2. The Balaban J connectivity index is 1.72. The van der Waals surface area contributed by atoms with Crippen molar-refractivity contribution in [1.82, 2.24) is 9.97 Å². The minimum atomic E-state index is -1.04. The molecule has 3 aromatic rings. The number of thiophene rings is 1. The summed E-state index contributed by atoms with van der Waals surface area (Å²) in [5.41, 5.74) is 1.81. The van der Waals surface area contributed by atoms with E-state index in [1.54, 1.807) is 29.5 Å². The first-order valence-electron chi connectivity index (χ1n) is 9.22. The van der Waals surface area contributed by atoms with Crippen LogP contribution in [-0.2, 0) is 17.6 Å². The van der Waals surface area contributed by atoms with Gasteiger partial charge in [0.1, 0.15) is 16.4 Å². The van der Waals surface area contributed by atoms with Crippen LogP contribution in [0, 0.1) is 0 Å². The van der Waals surface area contributed by atoms with Crippen molar-refractivity contribution in [3.63, 3.8) is 0 Å². The number of nitrogens with zero attached hydrogens (tertiary/aromatic N) is 1. The van der Waals surface area contributed by atoms with Crippen LogP contribution in [-0.4, -0.2) is 27.7 Å². The first-order chi connectivity index (χ1) is 13.5. The van der Waals surface area contributed by atoms with Crippen molar-refractivity contribution in [3.05, 3.63) is 43.5 Å². The second-order valence-electron chi connectivity index (χ2n) is 6.84. The molecule has 0 spiro atoms. The topological polar surface area (TPSA) is 92.3 Å². The average molecular weight is 463 g/mol. The Labute approximate surface area is 173 Å². The van der Waals surface area contributed by atoms with Gasteiger partial charge >= 0.3 is 5.97 Å². The second kappa shape index (κ2) is 8.05. The molecule has 146 valence electrons. The molecule has 28 heavy (non-hydrogen) atoms. The minimum absolute atomic E-state index is 0.0969. The number of nitrogens with one attached hydrogen (secondary N) is 1. The summed E-state index contributed by atoms with van der Waals surface area (Å²) >= 11 is 5.02. The van der Waals surface area contributed by atoms with Crippen LogP contribution >= 0.6 is 27.3 Å². The highest BCUT2D eigenvalue weighted by Gasteiger charge is 2.19. The molecule has 1 aliphatic carbocycles. The lowest BCUT2D eigenvalue weighted by Gasteiger charge is -2.09. The SMILES string of the molecule is O=C(O)COc1ccc(-c2nc3sc4c(c3c(=O)[nH]2)CCCCCC4)cc1Br. The number of benzene rings is 1. The van der Waals surface area contributed by atoms with Crippen molar-refractivity contribution < 1.29 is 14.6 Å². The highest BCUT2D eigenvalue weighted by molar-refractivity contribution is 9.10. The van der Waals surface area contributed by atoms with Gasteiger partial charge in [-0.05, 0) is 65.4 Å². The van der Waals surface area contributed by atoms with Crippen molar-refractivity contribution in [2.75, 3.05) is 6.61 Å². The third kappa shape index (κ3) is 3.84. The molecule has 0 atom stereocenters. The van der Waals surface area contributed by atoms with Gasteiger partial charge in [0.25, 0.3) is 5.56 Å². The van der Waals surface area contributed by atoms with Gasteiger partial charge in [0, 0.05) is 10.4 Å². The van der Waals surface area contributed by atoms with Crippen LogP contribution in [0.15, 0.2) is 27.5 Å². The van der Waals surface area contributed by atoms with Gasteiger partial charge in [0.15, 0.2) is 6.61 Å². The zero-order valence-electron chi connectivity index (χ0n) is 15.1. The van der Waals surface area contributed by atoms with E-state index in [2.05, 4.69) is 20.9 Å². The molecule has 4 rings (SSSR count). The van der Waals surface area contributed by atoms with Crippen LogP contribution < -0.4 is 10.3 Å². The molecular formula is C20H19BrN2O4S. The number of fused-ring (bicyclic) bond motifs is 3. The van der Waals surface area contributed by atoms with Gasteiger partial charge in [-0.25, -0.2) is 9.78 Å². The third-order valence-electron chi connectivity index (χ3n) is 4.88. The van der Waals surface area contributed by atoms with E-state index in [-0.39, 0.29) is 5.56 Å². The van der Waals surface area contributed by atoms with Crippen molar-refractivity contribution in [3.8, 4) is 17.1 Å². The standard InChI is InChI=1S/C20H19BrN2O4S/c21-13-9-11(7-8-14(13)27-10-16(24)25)18-22-19(26)17-12-5-3-1-2-4-6-15(12)28-20(17)23-18/h7-9H,1-6,10H2,(H,24,25)(H,22,23,26). The summed E-state index contributed by atoms with van der Waals surface area (Å²) in [5.74, 6) is -0.119.